The normalized spacial score (nSPS) is 12.1. The first-order valence-electron chi connectivity index (χ1n) is 3.62. The Labute approximate surface area is 94.5 Å². The van der Waals surface area contributed by atoms with E-state index in [1.54, 1.807) is 18.2 Å². The fraction of sp³-hybridized carbons (Fsp3) is 0. The van der Waals surface area contributed by atoms with Crippen LogP contribution in [0.2, 0.25) is 5.02 Å². The summed E-state index contributed by atoms with van der Waals surface area (Å²) in [7, 11) is 1.50. The van der Waals surface area contributed by atoms with Gasteiger partial charge in [0.15, 0.2) is 4.21 Å². The van der Waals surface area contributed by atoms with Crippen LogP contribution in [-0.4, -0.2) is 8.42 Å². The van der Waals surface area contributed by atoms with Crippen LogP contribution < -0.4 is 0 Å². The number of hydrogen-bond donors (Lipinski definition) is 0. The molecule has 0 fully saturated rings. The van der Waals surface area contributed by atoms with Crippen molar-refractivity contribution in [3.05, 3.63) is 29.3 Å². The molecule has 74 valence electrons. The highest BCUT2D eigenvalue weighted by Gasteiger charge is 2.20. The van der Waals surface area contributed by atoms with Gasteiger partial charge in [-0.3, -0.25) is 0 Å². The fourth-order valence-electron chi connectivity index (χ4n) is 1.15. The second kappa shape index (κ2) is 3.38. The molecule has 0 N–H and O–H groups in total. The van der Waals surface area contributed by atoms with E-state index in [9.17, 15) is 8.42 Å². The molecule has 0 atom stereocenters. The van der Waals surface area contributed by atoms with Gasteiger partial charge >= 0.3 is 0 Å². The maximum absolute atomic E-state index is 11.1. The highest BCUT2D eigenvalue weighted by Crippen LogP contribution is 2.39. The van der Waals surface area contributed by atoms with Gasteiger partial charge in [-0.2, -0.15) is 0 Å². The molecule has 0 amide bonds. The summed E-state index contributed by atoms with van der Waals surface area (Å²) in [6, 6.07) is 7.18. The number of halogens is 2. The summed E-state index contributed by atoms with van der Waals surface area (Å²) in [5.41, 5.74) is 0. The summed E-state index contributed by atoms with van der Waals surface area (Å²) < 4.78 is 23.1. The van der Waals surface area contributed by atoms with E-state index in [2.05, 4.69) is 0 Å². The highest BCUT2D eigenvalue weighted by atomic mass is 35.7. The zero-order valence-corrected chi connectivity index (χ0v) is 9.84. The lowest BCUT2D eigenvalue weighted by Gasteiger charge is -1.89. The molecule has 2 rings (SSSR count). The first kappa shape index (κ1) is 10.2. The van der Waals surface area contributed by atoms with Crippen LogP contribution in [0.1, 0.15) is 0 Å². The van der Waals surface area contributed by atoms with Crippen LogP contribution >= 0.6 is 33.6 Å². The molecule has 2 nitrogen and oxygen atoms in total. The first-order chi connectivity index (χ1) is 6.50. The Balaban J connectivity index is 2.89. The summed E-state index contributed by atoms with van der Waals surface area (Å²) in [5, 5.41) is 0.930. The molecular formula is C8H4Cl2O2S2. The monoisotopic (exact) mass is 266 g/mol. The van der Waals surface area contributed by atoms with Crippen molar-refractivity contribution in [1.82, 2.24) is 0 Å². The molecule has 1 aromatic heterocycles. The molecule has 2 aromatic rings. The smallest absolute Gasteiger partial charge is 0.206 e. The summed E-state index contributed by atoms with van der Waals surface area (Å²) in [4.78, 5) is 0. The molecule has 0 radical (unpaired) electrons. The molecule has 14 heavy (non-hydrogen) atoms. The fourth-order valence-corrected chi connectivity index (χ4v) is 4.24. The minimum atomic E-state index is -3.74. The predicted octanol–water partition coefficient (Wildman–Crippen LogP) is 3.48. The van der Waals surface area contributed by atoms with Gasteiger partial charge in [-0.15, -0.1) is 11.3 Å². The molecule has 0 spiro atoms. The predicted molar refractivity (Wildman–Crippen MR) is 59.9 cm³/mol. The van der Waals surface area contributed by atoms with E-state index in [1.807, 2.05) is 6.07 Å². The lowest BCUT2D eigenvalue weighted by Crippen LogP contribution is -1.85. The molecule has 0 unspecified atom stereocenters. The Morgan fingerprint density at radius 2 is 1.86 bits per heavy atom. The van der Waals surface area contributed by atoms with Crippen LogP contribution in [0.15, 0.2) is 28.5 Å². The van der Waals surface area contributed by atoms with Crippen LogP contribution in [-0.2, 0) is 9.05 Å². The van der Waals surface area contributed by atoms with Crippen molar-refractivity contribution >= 4 is 52.8 Å². The third kappa shape index (κ3) is 1.63. The van der Waals surface area contributed by atoms with E-state index in [1.165, 1.54) is 0 Å². The lowest BCUT2D eigenvalue weighted by atomic mass is 10.3. The molecule has 1 aromatic carbocycles. The van der Waals surface area contributed by atoms with E-state index in [0.717, 1.165) is 21.4 Å². The molecule has 0 bridgehead atoms. The molecule has 0 saturated carbocycles. The largest absolute Gasteiger partial charge is 0.272 e. The van der Waals surface area contributed by atoms with Gasteiger partial charge in [-0.25, -0.2) is 8.42 Å². The van der Waals surface area contributed by atoms with Crippen molar-refractivity contribution in [2.24, 2.45) is 0 Å². The minimum Gasteiger partial charge on any atom is -0.206 e. The van der Waals surface area contributed by atoms with Crippen molar-refractivity contribution in [3.63, 3.8) is 0 Å². The van der Waals surface area contributed by atoms with E-state index in [4.69, 9.17) is 22.3 Å². The Morgan fingerprint density at radius 1 is 1.21 bits per heavy atom. The molecule has 1 heterocycles. The molecule has 0 aliphatic carbocycles. The molecule has 0 saturated heterocycles. The number of fused-ring (bicyclic) bond motifs is 1. The average Bonchev–Trinajstić information content (AvgIpc) is 2.44. The standard InChI is InChI=1S/C8H4Cl2O2S2/c9-7-5-3-1-2-4-6(5)13-8(7)14(10,11)12/h1-4H. The van der Waals surface area contributed by atoms with Gasteiger partial charge in [0.05, 0.1) is 5.02 Å². The summed E-state index contributed by atoms with van der Waals surface area (Å²) in [6.45, 7) is 0. The van der Waals surface area contributed by atoms with Gasteiger partial charge in [0, 0.05) is 20.8 Å². The first-order valence-corrected chi connectivity index (χ1v) is 7.12. The van der Waals surface area contributed by atoms with Gasteiger partial charge < -0.3 is 0 Å². The highest BCUT2D eigenvalue weighted by molar-refractivity contribution is 8.15. The third-order valence-electron chi connectivity index (χ3n) is 1.73. The topological polar surface area (TPSA) is 34.1 Å². The van der Waals surface area contributed by atoms with Crippen LogP contribution in [0.5, 0.6) is 0 Å². The van der Waals surface area contributed by atoms with Crippen LogP contribution in [0.4, 0.5) is 0 Å². The van der Waals surface area contributed by atoms with Crippen molar-refractivity contribution in [3.8, 4) is 0 Å². The van der Waals surface area contributed by atoms with E-state index < -0.39 is 9.05 Å². The van der Waals surface area contributed by atoms with Crippen LogP contribution in [0.3, 0.4) is 0 Å². The van der Waals surface area contributed by atoms with Gasteiger partial charge in [0.25, 0.3) is 9.05 Å². The van der Waals surface area contributed by atoms with Crippen molar-refractivity contribution < 1.29 is 8.42 Å². The molecular weight excluding hydrogens is 263 g/mol. The number of rotatable bonds is 1. The molecule has 0 aliphatic heterocycles. The van der Waals surface area contributed by atoms with Gasteiger partial charge in [0.2, 0.25) is 0 Å². The van der Waals surface area contributed by atoms with E-state index >= 15 is 0 Å². The minimum absolute atomic E-state index is 0.0158. The summed E-state index contributed by atoms with van der Waals surface area (Å²) in [5.74, 6) is 0. The Kier molecular flexibility index (Phi) is 2.47. The SMILES string of the molecule is O=S(=O)(Cl)c1sc2ccccc2c1Cl. The van der Waals surface area contributed by atoms with E-state index in [-0.39, 0.29) is 9.23 Å². The van der Waals surface area contributed by atoms with Crippen molar-refractivity contribution in [1.29, 1.82) is 0 Å². The quantitative estimate of drug-likeness (QED) is 0.741. The summed E-state index contributed by atoms with van der Waals surface area (Å²) in [6.07, 6.45) is 0. The van der Waals surface area contributed by atoms with Gasteiger partial charge in [0.1, 0.15) is 0 Å². The second-order valence-corrected chi connectivity index (χ2v) is 6.83. The van der Waals surface area contributed by atoms with E-state index in [0.29, 0.717) is 0 Å². The summed E-state index contributed by atoms with van der Waals surface area (Å²) >= 11 is 6.97. The number of hydrogen-bond acceptors (Lipinski definition) is 3. The Bertz CT molecular complexity index is 586. The second-order valence-electron chi connectivity index (χ2n) is 2.64. The van der Waals surface area contributed by atoms with Gasteiger partial charge in [-0.05, 0) is 6.07 Å². The molecule has 0 aliphatic rings. The number of thiophene rings is 1. The maximum Gasteiger partial charge on any atom is 0.272 e. The maximum atomic E-state index is 11.1. The molecule has 6 heteroatoms. The van der Waals surface area contributed by atoms with Crippen LogP contribution in [0, 0.1) is 0 Å². The van der Waals surface area contributed by atoms with Crippen LogP contribution in [0.25, 0.3) is 10.1 Å². The third-order valence-corrected chi connectivity index (χ3v) is 5.60. The van der Waals surface area contributed by atoms with Gasteiger partial charge in [-0.1, -0.05) is 29.8 Å². The van der Waals surface area contributed by atoms with Crippen molar-refractivity contribution in [2.45, 2.75) is 4.21 Å². The lowest BCUT2D eigenvalue weighted by molar-refractivity contribution is 0.611. The van der Waals surface area contributed by atoms with Crippen molar-refractivity contribution in [2.75, 3.05) is 0 Å². The Morgan fingerprint density at radius 3 is 2.43 bits per heavy atom. The Hall–Kier alpha value is -0.290. The zero-order valence-electron chi connectivity index (χ0n) is 6.70. The average molecular weight is 267 g/mol. The zero-order chi connectivity index (χ0) is 10.3. The number of benzene rings is 1.